The molecule has 5 heteroatoms. The first kappa shape index (κ1) is 14.6. The predicted molar refractivity (Wildman–Crippen MR) is 78.7 cm³/mol. The van der Waals surface area contributed by atoms with Gasteiger partial charge in [0.05, 0.1) is 11.5 Å². The van der Waals surface area contributed by atoms with E-state index in [1.165, 1.54) is 0 Å². The van der Waals surface area contributed by atoms with E-state index in [0.717, 1.165) is 17.8 Å². The van der Waals surface area contributed by atoms with Crippen LogP contribution in [-0.2, 0) is 4.79 Å². The average molecular weight is 265 g/mol. The van der Waals surface area contributed by atoms with E-state index in [9.17, 15) is 4.79 Å². The Morgan fingerprint density at radius 3 is 2.44 bits per heavy atom. The normalized spacial score (nSPS) is 10.4. The summed E-state index contributed by atoms with van der Waals surface area (Å²) in [6.07, 6.45) is 0. The number of hydrogen-bond donors (Lipinski definition) is 2. The van der Waals surface area contributed by atoms with Gasteiger partial charge in [-0.1, -0.05) is 36.8 Å². The number of thiocarbonyl (C=S) groups is 1. The largest absolute Gasteiger partial charge is 0.392 e. The van der Waals surface area contributed by atoms with Gasteiger partial charge in [0, 0.05) is 12.2 Å². The van der Waals surface area contributed by atoms with Gasteiger partial charge in [0.15, 0.2) is 0 Å². The Hall–Kier alpha value is -1.46. The third kappa shape index (κ3) is 5.25. The standard InChI is InChI=1S/C13H19N3OS/c1-3-16(8-12(14)18)9-13(17)15-11-6-4-10(2)5-7-11/h4-7H,3,8-9H2,1-2H3,(H2,14,18)(H,15,17). The average Bonchev–Trinajstić information content (AvgIpc) is 2.30. The van der Waals surface area contributed by atoms with Gasteiger partial charge >= 0.3 is 0 Å². The molecule has 0 fully saturated rings. The van der Waals surface area contributed by atoms with E-state index in [-0.39, 0.29) is 5.91 Å². The Bertz CT molecular complexity index is 417. The molecule has 0 aliphatic carbocycles. The number of likely N-dealkylation sites (N-methyl/N-ethyl adjacent to an activating group) is 1. The Morgan fingerprint density at radius 2 is 1.94 bits per heavy atom. The first-order valence-electron chi connectivity index (χ1n) is 5.88. The number of rotatable bonds is 6. The first-order chi connectivity index (χ1) is 8.51. The molecule has 1 amide bonds. The minimum Gasteiger partial charge on any atom is -0.392 e. The van der Waals surface area contributed by atoms with Crippen molar-refractivity contribution in [2.24, 2.45) is 5.73 Å². The van der Waals surface area contributed by atoms with E-state index < -0.39 is 0 Å². The van der Waals surface area contributed by atoms with Crippen LogP contribution >= 0.6 is 12.2 Å². The molecule has 0 aromatic heterocycles. The molecule has 0 aliphatic heterocycles. The summed E-state index contributed by atoms with van der Waals surface area (Å²) < 4.78 is 0. The topological polar surface area (TPSA) is 58.4 Å². The van der Waals surface area contributed by atoms with Crippen LogP contribution in [0, 0.1) is 6.92 Å². The highest BCUT2D eigenvalue weighted by molar-refractivity contribution is 7.80. The number of hydrogen-bond acceptors (Lipinski definition) is 3. The zero-order valence-corrected chi connectivity index (χ0v) is 11.6. The van der Waals surface area contributed by atoms with Crippen molar-refractivity contribution in [2.75, 3.05) is 25.0 Å². The number of carbonyl (C=O) groups excluding carboxylic acids is 1. The molecule has 1 aromatic rings. The molecule has 0 radical (unpaired) electrons. The Morgan fingerprint density at radius 1 is 1.33 bits per heavy atom. The fourth-order valence-corrected chi connectivity index (χ4v) is 1.72. The molecule has 0 unspecified atom stereocenters. The van der Waals surface area contributed by atoms with Crippen LogP contribution in [0.3, 0.4) is 0 Å². The van der Waals surface area contributed by atoms with E-state index in [1.807, 2.05) is 43.0 Å². The summed E-state index contributed by atoms with van der Waals surface area (Å²) in [5.41, 5.74) is 7.44. The summed E-state index contributed by atoms with van der Waals surface area (Å²) >= 11 is 4.84. The molecule has 0 bridgehead atoms. The van der Waals surface area contributed by atoms with Crippen molar-refractivity contribution >= 4 is 28.8 Å². The fraction of sp³-hybridized carbons (Fsp3) is 0.385. The van der Waals surface area contributed by atoms with Crippen molar-refractivity contribution in [3.05, 3.63) is 29.8 Å². The Kier molecular flexibility index (Phi) is 5.74. The van der Waals surface area contributed by atoms with Crippen molar-refractivity contribution in [1.82, 2.24) is 4.90 Å². The molecule has 0 atom stereocenters. The summed E-state index contributed by atoms with van der Waals surface area (Å²) in [6.45, 7) is 5.47. The minimum atomic E-state index is -0.0584. The second-order valence-corrected chi connectivity index (χ2v) is 4.71. The van der Waals surface area contributed by atoms with Crippen LogP contribution in [-0.4, -0.2) is 35.4 Å². The van der Waals surface area contributed by atoms with Gasteiger partial charge in [-0.2, -0.15) is 0 Å². The van der Waals surface area contributed by atoms with Crippen molar-refractivity contribution < 1.29 is 4.79 Å². The summed E-state index contributed by atoms with van der Waals surface area (Å²) in [7, 11) is 0. The molecule has 0 saturated carbocycles. The van der Waals surface area contributed by atoms with Crippen molar-refractivity contribution in [3.8, 4) is 0 Å². The highest BCUT2D eigenvalue weighted by Gasteiger charge is 2.09. The lowest BCUT2D eigenvalue weighted by Crippen LogP contribution is -2.38. The van der Waals surface area contributed by atoms with Crippen LogP contribution in [0.1, 0.15) is 12.5 Å². The maximum absolute atomic E-state index is 11.8. The van der Waals surface area contributed by atoms with E-state index >= 15 is 0 Å². The number of aryl methyl sites for hydroxylation is 1. The summed E-state index contributed by atoms with van der Waals surface area (Å²) in [6, 6.07) is 7.69. The number of carbonyl (C=O) groups is 1. The van der Waals surface area contributed by atoms with Gasteiger partial charge in [-0.3, -0.25) is 9.69 Å². The maximum atomic E-state index is 11.8. The smallest absolute Gasteiger partial charge is 0.238 e. The molecule has 0 aliphatic rings. The van der Waals surface area contributed by atoms with Crippen molar-refractivity contribution in [3.63, 3.8) is 0 Å². The van der Waals surface area contributed by atoms with Gasteiger partial charge in [-0.25, -0.2) is 0 Å². The lowest BCUT2D eigenvalue weighted by atomic mass is 10.2. The SMILES string of the molecule is CCN(CC(=O)Nc1ccc(C)cc1)CC(N)=S. The van der Waals surface area contributed by atoms with Gasteiger partial charge < -0.3 is 11.1 Å². The second-order valence-electron chi connectivity index (χ2n) is 4.18. The van der Waals surface area contributed by atoms with Crippen LogP contribution in [0.25, 0.3) is 0 Å². The maximum Gasteiger partial charge on any atom is 0.238 e. The van der Waals surface area contributed by atoms with Gasteiger partial charge in [-0.05, 0) is 25.6 Å². The van der Waals surface area contributed by atoms with Crippen LogP contribution in [0.4, 0.5) is 5.69 Å². The molecule has 1 rings (SSSR count). The molecular formula is C13H19N3OS. The lowest BCUT2D eigenvalue weighted by molar-refractivity contribution is -0.117. The fourth-order valence-electron chi connectivity index (χ4n) is 1.54. The predicted octanol–water partition coefficient (Wildman–Crippen LogP) is 1.54. The van der Waals surface area contributed by atoms with Crippen molar-refractivity contribution in [2.45, 2.75) is 13.8 Å². The van der Waals surface area contributed by atoms with Crippen LogP contribution in [0.2, 0.25) is 0 Å². The quantitative estimate of drug-likeness (QED) is 0.766. The summed E-state index contributed by atoms with van der Waals surface area (Å²) in [4.78, 5) is 14.1. The van der Waals surface area contributed by atoms with Crippen LogP contribution in [0.5, 0.6) is 0 Å². The number of benzene rings is 1. The Labute approximate surface area is 113 Å². The zero-order chi connectivity index (χ0) is 13.5. The van der Waals surface area contributed by atoms with Crippen LogP contribution in [0.15, 0.2) is 24.3 Å². The minimum absolute atomic E-state index is 0.0584. The van der Waals surface area contributed by atoms with Crippen LogP contribution < -0.4 is 11.1 Å². The monoisotopic (exact) mass is 265 g/mol. The highest BCUT2D eigenvalue weighted by Crippen LogP contribution is 2.08. The van der Waals surface area contributed by atoms with Crippen molar-refractivity contribution in [1.29, 1.82) is 0 Å². The molecule has 0 heterocycles. The summed E-state index contributed by atoms with van der Waals surface area (Å²) in [5.74, 6) is -0.0584. The number of amides is 1. The van der Waals surface area contributed by atoms with E-state index in [4.69, 9.17) is 18.0 Å². The van der Waals surface area contributed by atoms with E-state index in [0.29, 0.717) is 18.1 Å². The van der Waals surface area contributed by atoms with Gasteiger partial charge in [0.1, 0.15) is 0 Å². The number of nitrogens with one attached hydrogen (secondary N) is 1. The second kappa shape index (κ2) is 7.08. The number of nitrogens with two attached hydrogens (primary N) is 1. The molecule has 1 aromatic carbocycles. The molecular weight excluding hydrogens is 246 g/mol. The molecule has 4 nitrogen and oxygen atoms in total. The molecule has 0 saturated heterocycles. The third-order valence-electron chi connectivity index (χ3n) is 2.53. The highest BCUT2D eigenvalue weighted by atomic mass is 32.1. The van der Waals surface area contributed by atoms with Gasteiger partial charge in [0.25, 0.3) is 0 Å². The molecule has 98 valence electrons. The Balaban J connectivity index is 2.49. The first-order valence-corrected chi connectivity index (χ1v) is 6.29. The molecule has 18 heavy (non-hydrogen) atoms. The zero-order valence-electron chi connectivity index (χ0n) is 10.8. The van der Waals surface area contributed by atoms with E-state index in [2.05, 4.69) is 5.32 Å². The summed E-state index contributed by atoms with van der Waals surface area (Å²) in [5, 5.41) is 2.84. The molecule has 0 spiro atoms. The number of nitrogens with zero attached hydrogens (tertiary/aromatic N) is 1. The van der Waals surface area contributed by atoms with Gasteiger partial charge in [-0.15, -0.1) is 0 Å². The third-order valence-corrected chi connectivity index (χ3v) is 2.66. The lowest BCUT2D eigenvalue weighted by Gasteiger charge is -2.18. The number of anilines is 1. The molecule has 3 N–H and O–H groups in total. The van der Waals surface area contributed by atoms with Gasteiger partial charge in [0.2, 0.25) is 5.91 Å². The van der Waals surface area contributed by atoms with E-state index in [1.54, 1.807) is 0 Å².